The third-order valence-corrected chi connectivity index (χ3v) is 3.04. The first kappa shape index (κ1) is 11.8. The van der Waals surface area contributed by atoms with Crippen molar-refractivity contribution < 1.29 is 4.52 Å². The Balaban J connectivity index is 2.47. The second-order valence-corrected chi connectivity index (χ2v) is 4.52. The highest BCUT2D eigenvalue weighted by molar-refractivity contribution is 9.10. The Hall–Kier alpha value is -1.63. The average molecular weight is 300 g/mol. The molecule has 2 aromatic heterocycles. The molecule has 2 aromatic rings. The molecule has 0 atom stereocenters. The molecule has 90 valence electrons. The van der Waals surface area contributed by atoms with Crippen LogP contribution in [0.2, 0.25) is 0 Å². The maximum absolute atomic E-state index is 11.6. The minimum Gasteiger partial charge on any atom is -0.361 e. The molecular formula is C10H10BrN3O3. The van der Waals surface area contributed by atoms with E-state index < -0.39 is 11.2 Å². The number of aryl methyl sites for hydroxylation is 2. The van der Waals surface area contributed by atoms with Gasteiger partial charge in [-0.05, 0) is 29.8 Å². The summed E-state index contributed by atoms with van der Waals surface area (Å²) in [6, 6.07) is 0. The summed E-state index contributed by atoms with van der Waals surface area (Å²) in [5.41, 5.74) is 0.672. The fraction of sp³-hybridized carbons (Fsp3) is 0.300. The van der Waals surface area contributed by atoms with Crippen molar-refractivity contribution in [1.29, 1.82) is 0 Å². The SMILES string of the molecule is Cc1noc(C)c1Cn1cc(Br)c(=O)[nH]c1=O. The lowest BCUT2D eigenvalue weighted by Gasteiger charge is -2.04. The van der Waals surface area contributed by atoms with Gasteiger partial charge in [-0.25, -0.2) is 4.79 Å². The van der Waals surface area contributed by atoms with Crippen molar-refractivity contribution >= 4 is 15.9 Å². The predicted octanol–water partition coefficient (Wildman–Crippen LogP) is 0.952. The number of hydrogen-bond acceptors (Lipinski definition) is 4. The lowest BCUT2D eigenvalue weighted by molar-refractivity contribution is 0.392. The molecule has 0 unspecified atom stereocenters. The zero-order valence-corrected chi connectivity index (χ0v) is 10.9. The summed E-state index contributed by atoms with van der Waals surface area (Å²) >= 11 is 3.08. The standard InChI is InChI=1S/C10H10BrN3O3/c1-5-7(6(2)17-13-5)3-14-4-8(11)9(15)12-10(14)16/h4H,3H2,1-2H3,(H,12,15,16). The summed E-state index contributed by atoms with van der Waals surface area (Å²) < 4.78 is 6.71. The Morgan fingerprint density at radius 2 is 2.18 bits per heavy atom. The molecule has 0 aliphatic rings. The van der Waals surface area contributed by atoms with Gasteiger partial charge in [0.05, 0.1) is 16.7 Å². The van der Waals surface area contributed by atoms with Crippen LogP contribution >= 0.6 is 15.9 Å². The molecule has 2 rings (SSSR count). The third kappa shape index (κ3) is 2.23. The van der Waals surface area contributed by atoms with Crippen LogP contribution in [-0.4, -0.2) is 14.7 Å². The number of nitrogens with one attached hydrogen (secondary N) is 1. The van der Waals surface area contributed by atoms with Crippen molar-refractivity contribution in [2.24, 2.45) is 0 Å². The lowest BCUT2D eigenvalue weighted by atomic mass is 10.2. The largest absolute Gasteiger partial charge is 0.361 e. The first-order chi connectivity index (χ1) is 7.99. The summed E-state index contributed by atoms with van der Waals surface area (Å²) in [6.07, 6.45) is 1.45. The third-order valence-electron chi connectivity index (χ3n) is 2.48. The van der Waals surface area contributed by atoms with E-state index in [1.807, 2.05) is 0 Å². The molecule has 0 radical (unpaired) electrons. The lowest BCUT2D eigenvalue weighted by Crippen LogP contribution is -2.30. The van der Waals surface area contributed by atoms with Gasteiger partial charge in [-0.3, -0.25) is 14.3 Å². The molecule has 0 saturated heterocycles. The van der Waals surface area contributed by atoms with Gasteiger partial charge in [-0.1, -0.05) is 5.16 Å². The van der Waals surface area contributed by atoms with Crippen molar-refractivity contribution in [3.8, 4) is 0 Å². The first-order valence-electron chi connectivity index (χ1n) is 4.90. The highest BCUT2D eigenvalue weighted by atomic mass is 79.9. The van der Waals surface area contributed by atoms with E-state index in [1.165, 1.54) is 10.8 Å². The minimum atomic E-state index is -0.460. The second-order valence-electron chi connectivity index (χ2n) is 3.67. The highest BCUT2D eigenvalue weighted by Gasteiger charge is 2.11. The van der Waals surface area contributed by atoms with Crippen molar-refractivity contribution in [3.05, 3.63) is 48.5 Å². The molecular weight excluding hydrogens is 290 g/mol. The molecule has 0 aliphatic heterocycles. The fourth-order valence-electron chi connectivity index (χ4n) is 1.50. The fourth-order valence-corrected chi connectivity index (χ4v) is 1.84. The van der Waals surface area contributed by atoms with E-state index >= 15 is 0 Å². The number of hydrogen-bond donors (Lipinski definition) is 1. The summed E-state index contributed by atoms with van der Waals surface area (Å²) in [5, 5.41) is 3.81. The van der Waals surface area contributed by atoms with Crippen LogP contribution < -0.4 is 11.2 Å². The zero-order chi connectivity index (χ0) is 12.6. The van der Waals surface area contributed by atoms with Gasteiger partial charge in [0.1, 0.15) is 5.76 Å². The molecule has 0 fully saturated rings. The first-order valence-corrected chi connectivity index (χ1v) is 5.69. The Labute approximate surface area is 104 Å². The Bertz CT molecular complexity index is 649. The van der Waals surface area contributed by atoms with Gasteiger partial charge in [-0.2, -0.15) is 0 Å². The van der Waals surface area contributed by atoms with Gasteiger partial charge in [0.15, 0.2) is 0 Å². The topological polar surface area (TPSA) is 80.9 Å². The summed E-state index contributed by atoms with van der Waals surface area (Å²) in [5.74, 6) is 0.664. The van der Waals surface area contributed by atoms with Crippen LogP contribution in [0.1, 0.15) is 17.0 Å². The van der Waals surface area contributed by atoms with Crippen LogP contribution in [0, 0.1) is 13.8 Å². The van der Waals surface area contributed by atoms with Crippen molar-refractivity contribution in [3.63, 3.8) is 0 Å². The number of H-pyrrole nitrogens is 1. The molecule has 0 aromatic carbocycles. The van der Waals surface area contributed by atoms with E-state index in [4.69, 9.17) is 4.52 Å². The molecule has 0 saturated carbocycles. The summed E-state index contributed by atoms with van der Waals surface area (Å²) in [4.78, 5) is 25.0. The van der Waals surface area contributed by atoms with Crippen LogP contribution in [0.4, 0.5) is 0 Å². The van der Waals surface area contributed by atoms with Crippen LogP contribution in [0.25, 0.3) is 0 Å². The van der Waals surface area contributed by atoms with Crippen LogP contribution in [0.5, 0.6) is 0 Å². The quantitative estimate of drug-likeness (QED) is 0.895. The molecule has 0 amide bonds. The molecule has 0 spiro atoms. The van der Waals surface area contributed by atoms with Crippen molar-refractivity contribution in [1.82, 2.24) is 14.7 Å². The van der Waals surface area contributed by atoms with Crippen LogP contribution in [-0.2, 0) is 6.54 Å². The van der Waals surface area contributed by atoms with E-state index in [0.717, 1.165) is 11.3 Å². The zero-order valence-electron chi connectivity index (χ0n) is 9.28. The molecule has 2 heterocycles. The molecule has 1 N–H and O–H groups in total. The van der Waals surface area contributed by atoms with Crippen molar-refractivity contribution in [2.75, 3.05) is 0 Å². The number of halogens is 1. The van der Waals surface area contributed by atoms with Crippen LogP contribution in [0.15, 0.2) is 24.8 Å². The Kier molecular flexibility index (Phi) is 3.01. The van der Waals surface area contributed by atoms with Crippen molar-refractivity contribution in [2.45, 2.75) is 20.4 Å². The maximum atomic E-state index is 11.6. The molecule has 7 heteroatoms. The summed E-state index contributed by atoms with van der Waals surface area (Å²) in [6.45, 7) is 3.90. The Morgan fingerprint density at radius 1 is 1.47 bits per heavy atom. The van der Waals surface area contributed by atoms with E-state index in [9.17, 15) is 9.59 Å². The van der Waals surface area contributed by atoms with Gasteiger partial charge >= 0.3 is 5.69 Å². The van der Waals surface area contributed by atoms with E-state index in [2.05, 4.69) is 26.1 Å². The molecule has 0 aliphatic carbocycles. The maximum Gasteiger partial charge on any atom is 0.328 e. The van der Waals surface area contributed by atoms with Crippen LogP contribution in [0.3, 0.4) is 0 Å². The average Bonchev–Trinajstić information content (AvgIpc) is 2.57. The number of aromatic amines is 1. The van der Waals surface area contributed by atoms with Gasteiger partial charge < -0.3 is 4.52 Å². The van der Waals surface area contributed by atoms with E-state index in [0.29, 0.717) is 16.8 Å². The normalized spacial score (nSPS) is 10.8. The molecule has 17 heavy (non-hydrogen) atoms. The number of rotatable bonds is 2. The number of aromatic nitrogens is 3. The smallest absolute Gasteiger partial charge is 0.328 e. The van der Waals surface area contributed by atoms with Gasteiger partial charge in [-0.15, -0.1) is 0 Å². The van der Waals surface area contributed by atoms with Gasteiger partial charge in [0.2, 0.25) is 0 Å². The molecule has 6 nitrogen and oxygen atoms in total. The van der Waals surface area contributed by atoms with Gasteiger partial charge in [0, 0.05) is 11.8 Å². The van der Waals surface area contributed by atoms with Gasteiger partial charge in [0.25, 0.3) is 5.56 Å². The monoisotopic (exact) mass is 299 g/mol. The summed E-state index contributed by atoms with van der Waals surface area (Å²) in [7, 11) is 0. The number of nitrogens with zero attached hydrogens (tertiary/aromatic N) is 2. The van der Waals surface area contributed by atoms with E-state index in [-0.39, 0.29) is 0 Å². The Morgan fingerprint density at radius 3 is 2.76 bits per heavy atom. The van der Waals surface area contributed by atoms with E-state index in [1.54, 1.807) is 13.8 Å². The second kappa shape index (κ2) is 4.33. The minimum absolute atomic E-state index is 0.309. The molecule has 0 bridgehead atoms. The predicted molar refractivity (Wildman–Crippen MR) is 64.1 cm³/mol. The highest BCUT2D eigenvalue weighted by Crippen LogP contribution is 2.13.